The van der Waals surface area contributed by atoms with Crippen LogP contribution in [0.3, 0.4) is 0 Å². The van der Waals surface area contributed by atoms with Crippen LogP contribution in [0, 0.1) is 5.92 Å². The Bertz CT molecular complexity index is 104. The van der Waals surface area contributed by atoms with E-state index in [1.165, 1.54) is 0 Å². The van der Waals surface area contributed by atoms with E-state index in [2.05, 4.69) is 15.9 Å². The molecule has 66 valence electrons. The van der Waals surface area contributed by atoms with Crippen molar-refractivity contribution in [3.05, 3.63) is 0 Å². The molecule has 0 aromatic carbocycles. The average Bonchev–Trinajstić information content (AvgIpc) is 2.06. The molecule has 0 saturated carbocycles. The first-order valence-electron chi connectivity index (χ1n) is 4.10. The monoisotopic (exact) mass is 224 g/mol. The van der Waals surface area contributed by atoms with Crippen LogP contribution in [0.5, 0.6) is 0 Å². The summed E-state index contributed by atoms with van der Waals surface area (Å²) < 4.78 is 18.0. The highest BCUT2D eigenvalue weighted by Crippen LogP contribution is 2.21. The predicted octanol–water partition coefficient (Wildman–Crippen LogP) is 2.54. The average molecular weight is 225 g/mol. The SMILES string of the molecule is FC(CBr)CC1CCOCC1. The quantitative estimate of drug-likeness (QED) is 0.670. The predicted molar refractivity (Wildman–Crippen MR) is 46.9 cm³/mol. The third-order valence-electron chi connectivity index (χ3n) is 2.10. The van der Waals surface area contributed by atoms with Crippen LogP contribution in [-0.2, 0) is 4.74 Å². The van der Waals surface area contributed by atoms with Crippen LogP contribution in [0.15, 0.2) is 0 Å². The van der Waals surface area contributed by atoms with E-state index in [0.717, 1.165) is 26.1 Å². The van der Waals surface area contributed by atoms with E-state index >= 15 is 0 Å². The zero-order valence-electron chi connectivity index (χ0n) is 6.56. The van der Waals surface area contributed by atoms with Crippen molar-refractivity contribution in [2.45, 2.75) is 25.4 Å². The lowest BCUT2D eigenvalue weighted by Gasteiger charge is -2.22. The van der Waals surface area contributed by atoms with E-state index in [4.69, 9.17) is 4.74 Å². The van der Waals surface area contributed by atoms with E-state index in [0.29, 0.717) is 17.7 Å². The van der Waals surface area contributed by atoms with Gasteiger partial charge in [0.1, 0.15) is 6.17 Å². The summed E-state index contributed by atoms with van der Waals surface area (Å²) in [6, 6.07) is 0. The van der Waals surface area contributed by atoms with Gasteiger partial charge < -0.3 is 4.74 Å². The van der Waals surface area contributed by atoms with Gasteiger partial charge in [-0.3, -0.25) is 0 Å². The topological polar surface area (TPSA) is 9.23 Å². The lowest BCUT2D eigenvalue weighted by molar-refractivity contribution is 0.0572. The van der Waals surface area contributed by atoms with Gasteiger partial charge in [0.2, 0.25) is 0 Å². The summed E-state index contributed by atoms with van der Waals surface area (Å²) in [7, 11) is 0. The molecule has 1 fully saturated rings. The van der Waals surface area contributed by atoms with E-state index in [1.807, 2.05) is 0 Å². The minimum atomic E-state index is -0.668. The minimum absolute atomic E-state index is 0.477. The Hall–Kier alpha value is 0.370. The van der Waals surface area contributed by atoms with Gasteiger partial charge in [0.25, 0.3) is 0 Å². The molecule has 0 N–H and O–H groups in total. The zero-order valence-corrected chi connectivity index (χ0v) is 8.15. The summed E-state index contributed by atoms with van der Waals surface area (Å²) in [6.45, 7) is 1.64. The maximum atomic E-state index is 12.8. The van der Waals surface area contributed by atoms with E-state index in [-0.39, 0.29) is 0 Å². The van der Waals surface area contributed by atoms with E-state index in [9.17, 15) is 4.39 Å². The molecule has 1 unspecified atom stereocenters. The number of ether oxygens (including phenoxy) is 1. The fourth-order valence-corrected chi connectivity index (χ4v) is 1.67. The van der Waals surface area contributed by atoms with E-state index < -0.39 is 6.17 Å². The van der Waals surface area contributed by atoms with Crippen molar-refractivity contribution in [1.29, 1.82) is 0 Å². The van der Waals surface area contributed by atoms with Crippen molar-refractivity contribution in [2.75, 3.05) is 18.5 Å². The van der Waals surface area contributed by atoms with Crippen LogP contribution in [0.1, 0.15) is 19.3 Å². The molecule has 1 heterocycles. The second-order valence-corrected chi connectivity index (χ2v) is 3.69. The first-order chi connectivity index (χ1) is 5.33. The van der Waals surface area contributed by atoms with E-state index in [1.54, 1.807) is 0 Å². The highest BCUT2D eigenvalue weighted by molar-refractivity contribution is 9.09. The highest BCUT2D eigenvalue weighted by atomic mass is 79.9. The number of hydrogen-bond donors (Lipinski definition) is 0. The Balaban J connectivity index is 2.13. The third kappa shape index (κ3) is 3.52. The third-order valence-corrected chi connectivity index (χ3v) is 2.80. The summed E-state index contributed by atoms with van der Waals surface area (Å²) in [4.78, 5) is 0. The fraction of sp³-hybridized carbons (Fsp3) is 1.00. The van der Waals surface area contributed by atoms with Crippen LogP contribution < -0.4 is 0 Å². The summed E-state index contributed by atoms with van der Waals surface area (Å²) >= 11 is 3.14. The van der Waals surface area contributed by atoms with Gasteiger partial charge in [-0.05, 0) is 25.2 Å². The molecule has 0 aliphatic carbocycles. The van der Waals surface area contributed by atoms with Crippen LogP contribution in [0.2, 0.25) is 0 Å². The van der Waals surface area contributed by atoms with Crippen LogP contribution in [-0.4, -0.2) is 24.7 Å². The molecule has 1 rings (SSSR count). The minimum Gasteiger partial charge on any atom is -0.381 e. The molecule has 11 heavy (non-hydrogen) atoms. The zero-order chi connectivity index (χ0) is 8.10. The van der Waals surface area contributed by atoms with Gasteiger partial charge in [0.05, 0.1) is 0 Å². The Labute approximate surface area is 75.4 Å². The van der Waals surface area contributed by atoms with Gasteiger partial charge in [0, 0.05) is 18.5 Å². The number of alkyl halides is 2. The molecule has 0 radical (unpaired) electrons. The molecule has 0 spiro atoms. The molecule has 1 saturated heterocycles. The van der Waals surface area contributed by atoms with Crippen LogP contribution >= 0.6 is 15.9 Å². The summed E-state index contributed by atoms with van der Waals surface area (Å²) in [5.74, 6) is 0.552. The lowest BCUT2D eigenvalue weighted by atomic mass is 9.95. The van der Waals surface area contributed by atoms with Gasteiger partial charge in [-0.15, -0.1) is 0 Å². The van der Waals surface area contributed by atoms with Gasteiger partial charge in [0.15, 0.2) is 0 Å². The second kappa shape index (κ2) is 5.09. The van der Waals surface area contributed by atoms with Crippen molar-refractivity contribution in [1.82, 2.24) is 0 Å². The molecular weight excluding hydrogens is 211 g/mol. The molecule has 1 nitrogen and oxygen atoms in total. The standard InChI is InChI=1S/C8H14BrFO/c9-6-8(10)5-7-1-3-11-4-2-7/h7-8H,1-6H2. The maximum Gasteiger partial charge on any atom is 0.110 e. The van der Waals surface area contributed by atoms with Crippen molar-refractivity contribution < 1.29 is 9.13 Å². The Morgan fingerprint density at radius 2 is 2.09 bits per heavy atom. The van der Waals surface area contributed by atoms with Gasteiger partial charge in [-0.25, -0.2) is 4.39 Å². The molecule has 1 aliphatic rings. The molecule has 1 aliphatic heterocycles. The van der Waals surface area contributed by atoms with Crippen molar-refractivity contribution in [3.63, 3.8) is 0 Å². The molecule has 1 atom stereocenters. The molecule has 0 amide bonds. The van der Waals surface area contributed by atoms with Crippen molar-refractivity contribution in [3.8, 4) is 0 Å². The molecule has 0 bridgehead atoms. The molecular formula is C8H14BrFO. The summed E-state index contributed by atoms with van der Waals surface area (Å²) in [5, 5.41) is 0.477. The Morgan fingerprint density at radius 3 is 2.64 bits per heavy atom. The van der Waals surface area contributed by atoms with Gasteiger partial charge >= 0.3 is 0 Å². The fourth-order valence-electron chi connectivity index (χ4n) is 1.41. The lowest BCUT2D eigenvalue weighted by Crippen LogP contribution is -2.19. The molecule has 0 aromatic heterocycles. The largest absolute Gasteiger partial charge is 0.381 e. The number of rotatable bonds is 3. The Kier molecular flexibility index (Phi) is 4.38. The second-order valence-electron chi connectivity index (χ2n) is 3.04. The first-order valence-corrected chi connectivity index (χ1v) is 5.23. The first kappa shape index (κ1) is 9.46. The normalized spacial score (nSPS) is 23.5. The van der Waals surface area contributed by atoms with Crippen molar-refractivity contribution >= 4 is 15.9 Å². The number of hydrogen-bond acceptors (Lipinski definition) is 1. The molecule has 0 aromatic rings. The number of halogens is 2. The van der Waals surface area contributed by atoms with Gasteiger partial charge in [-0.2, -0.15) is 0 Å². The summed E-state index contributed by atoms with van der Waals surface area (Å²) in [5.41, 5.74) is 0. The summed E-state index contributed by atoms with van der Waals surface area (Å²) in [6.07, 6.45) is 2.10. The van der Waals surface area contributed by atoms with Crippen molar-refractivity contribution in [2.24, 2.45) is 5.92 Å². The smallest absolute Gasteiger partial charge is 0.110 e. The van der Waals surface area contributed by atoms with Crippen LogP contribution in [0.4, 0.5) is 4.39 Å². The highest BCUT2D eigenvalue weighted by Gasteiger charge is 2.17. The maximum absolute atomic E-state index is 12.8. The van der Waals surface area contributed by atoms with Crippen LogP contribution in [0.25, 0.3) is 0 Å². The Morgan fingerprint density at radius 1 is 1.45 bits per heavy atom. The molecule has 3 heteroatoms. The van der Waals surface area contributed by atoms with Gasteiger partial charge in [-0.1, -0.05) is 15.9 Å².